The van der Waals surface area contributed by atoms with Crippen LogP contribution in [-0.2, 0) is 14.0 Å². The first-order chi connectivity index (χ1) is 7.17. The van der Waals surface area contributed by atoms with E-state index in [-0.39, 0.29) is 23.2 Å². The van der Waals surface area contributed by atoms with Gasteiger partial charge in [-0.1, -0.05) is 27.4 Å². The number of hydrogen-bond acceptors (Lipinski definition) is 3. The first-order valence-corrected chi connectivity index (χ1v) is 8.58. The summed E-state index contributed by atoms with van der Waals surface area (Å²) in [6.45, 7) is 14.6. The largest absolute Gasteiger partial charge is 0.455 e. The Kier molecular flexibility index (Phi) is 3.64. The lowest BCUT2D eigenvalue weighted by Gasteiger charge is -2.38. The second-order valence-electron chi connectivity index (χ2n) is 5.81. The van der Waals surface area contributed by atoms with Crippen molar-refractivity contribution in [1.82, 2.24) is 0 Å². The molecule has 0 bridgehead atoms. The normalized spacial score (nSPS) is 26.7. The summed E-state index contributed by atoms with van der Waals surface area (Å²) in [7, 11) is -1.84. The van der Waals surface area contributed by atoms with Crippen LogP contribution in [0.4, 0.5) is 0 Å². The first kappa shape index (κ1) is 13.5. The van der Waals surface area contributed by atoms with Gasteiger partial charge in [0, 0.05) is 0 Å². The number of carbonyl (C=O) groups excluding carboxylic acids is 1. The second-order valence-corrected chi connectivity index (χ2v) is 10.6. The van der Waals surface area contributed by atoms with Crippen molar-refractivity contribution in [3.8, 4) is 0 Å². The van der Waals surface area contributed by atoms with Gasteiger partial charge in [-0.05, 0) is 24.2 Å². The van der Waals surface area contributed by atoms with Crippen molar-refractivity contribution < 1.29 is 14.0 Å². The number of cyclic esters (lactones) is 1. The number of carbonyl (C=O) groups is 1. The minimum absolute atomic E-state index is 0.143. The van der Waals surface area contributed by atoms with Gasteiger partial charge in [0.25, 0.3) is 0 Å². The molecule has 0 unspecified atom stereocenters. The highest BCUT2D eigenvalue weighted by Gasteiger charge is 2.43. The summed E-state index contributed by atoms with van der Waals surface area (Å²) in [5.74, 6) is -0.186. The maximum absolute atomic E-state index is 11.2. The van der Waals surface area contributed by atoms with Gasteiger partial charge >= 0.3 is 5.97 Å². The van der Waals surface area contributed by atoms with Crippen molar-refractivity contribution in [1.29, 1.82) is 0 Å². The van der Waals surface area contributed by atoms with Crippen LogP contribution >= 0.6 is 0 Å². The van der Waals surface area contributed by atoms with Crippen LogP contribution in [0.2, 0.25) is 18.1 Å². The molecule has 4 heteroatoms. The van der Waals surface area contributed by atoms with Gasteiger partial charge in [-0.15, -0.1) is 0 Å². The van der Waals surface area contributed by atoms with E-state index in [4.69, 9.17) is 9.16 Å². The molecule has 0 saturated carbocycles. The van der Waals surface area contributed by atoms with Crippen LogP contribution in [0, 0.1) is 0 Å². The maximum atomic E-state index is 11.2. The third kappa shape index (κ3) is 2.74. The second kappa shape index (κ2) is 4.34. The number of hydrogen-bond donors (Lipinski definition) is 0. The lowest BCUT2D eigenvalue weighted by Crippen LogP contribution is -2.45. The van der Waals surface area contributed by atoms with Gasteiger partial charge in [0.1, 0.15) is 6.10 Å². The van der Waals surface area contributed by atoms with Crippen molar-refractivity contribution in [2.75, 3.05) is 0 Å². The molecule has 1 heterocycles. The molecule has 0 radical (unpaired) electrons. The SMILES string of the molecule is C=C[C@H]1OC(=O)C[C@H]1O[Si](C)(C)C(C)(C)C. The molecule has 3 nitrogen and oxygen atoms in total. The zero-order chi connectivity index (χ0) is 12.6. The van der Waals surface area contributed by atoms with E-state index in [1.54, 1.807) is 6.08 Å². The standard InChI is InChI=1S/C12H22O3Si/c1-7-9-10(8-11(13)14-9)15-16(5,6)12(2,3)4/h7,9-10H,1,8H2,2-6H3/t9-,10-/m1/s1. The third-order valence-electron chi connectivity index (χ3n) is 3.49. The van der Waals surface area contributed by atoms with Gasteiger partial charge in [0.15, 0.2) is 8.32 Å². The van der Waals surface area contributed by atoms with Crippen molar-refractivity contribution in [2.45, 2.75) is 57.5 Å². The Hall–Kier alpha value is -0.613. The minimum atomic E-state index is -1.84. The van der Waals surface area contributed by atoms with E-state index in [9.17, 15) is 4.79 Å². The van der Waals surface area contributed by atoms with Gasteiger partial charge < -0.3 is 9.16 Å². The number of esters is 1. The number of ether oxygens (including phenoxy) is 1. The van der Waals surface area contributed by atoms with Crippen molar-refractivity contribution in [2.24, 2.45) is 0 Å². The first-order valence-electron chi connectivity index (χ1n) is 5.67. The van der Waals surface area contributed by atoms with E-state index >= 15 is 0 Å². The molecule has 1 aliphatic heterocycles. The zero-order valence-corrected chi connectivity index (χ0v) is 11.9. The Morgan fingerprint density at radius 2 is 2.06 bits per heavy atom. The average molecular weight is 242 g/mol. The lowest BCUT2D eigenvalue weighted by atomic mass is 10.2. The van der Waals surface area contributed by atoms with Crippen LogP contribution in [0.1, 0.15) is 27.2 Å². The van der Waals surface area contributed by atoms with Crippen LogP contribution in [0.25, 0.3) is 0 Å². The Morgan fingerprint density at radius 3 is 2.50 bits per heavy atom. The highest BCUT2D eigenvalue weighted by molar-refractivity contribution is 6.74. The molecule has 1 fully saturated rings. The molecule has 0 aliphatic carbocycles. The van der Waals surface area contributed by atoms with Gasteiger partial charge in [-0.2, -0.15) is 0 Å². The van der Waals surface area contributed by atoms with Gasteiger partial charge in [0.2, 0.25) is 0 Å². The molecular weight excluding hydrogens is 220 g/mol. The predicted octanol–water partition coefficient (Wildman–Crippen LogP) is 2.88. The Bertz CT molecular complexity index is 291. The summed E-state index contributed by atoms with van der Waals surface area (Å²) in [6, 6.07) is 0. The Morgan fingerprint density at radius 1 is 1.50 bits per heavy atom. The monoisotopic (exact) mass is 242 g/mol. The van der Waals surface area contributed by atoms with E-state index in [1.165, 1.54) is 0 Å². The molecule has 1 saturated heterocycles. The lowest BCUT2D eigenvalue weighted by molar-refractivity contribution is -0.140. The predicted molar refractivity (Wildman–Crippen MR) is 66.8 cm³/mol. The fourth-order valence-corrected chi connectivity index (χ4v) is 2.75. The summed E-state index contributed by atoms with van der Waals surface area (Å²) in [4.78, 5) is 11.2. The van der Waals surface area contributed by atoms with Crippen molar-refractivity contribution in [3.63, 3.8) is 0 Å². The van der Waals surface area contributed by atoms with Gasteiger partial charge in [-0.25, -0.2) is 0 Å². The summed E-state index contributed by atoms with van der Waals surface area (Å²) in [5.41, 5.74) is 0. The van der Waals surface area contributed by atoms with Crippen molar-refractivity contribution >= 4 is 14.3 Å². The van der Waals surface area contributed by atoms with Crippen LogP contribution in [0.5, 0.6) is 0 Å². The van der Waals surface area contributed by atoms with Gasteiger partial charge in [-0.3, -0.25) is 4.79 Å². The third-order valence-corrected chi connectivity index (χ3v) is 7.99. The quantitative estimate of drug-likeness (QED) is 0.434. The smallest absolute Gasteiger partial charge is 0.309 e. The molecule has 0 aromatic heterocycles. The fraction of sp³-hybridized carbons (Fsp3) is 0.750. The highest BCUT2D eigenvalue weighted by Crippen LogP contribution is 2.39. The number of rotatable bonds is 3. The topological polar surface area (TPSA) is 35.5 Å². The maximum Gasteiger partial charge on any atom is 0.309 e. The fourth-order valence-electron chi connectivity index (χ4n) is 1.42. The van der Waals surface area contributed by atoms with E-state index < -0.39 is 8.32 Å². The molecule has 16 heavy (non-hydrogen) atoms. The van der Waals surface area contributed by atoms with E-state index in [0.29, 0.717) is 6.42 Å². The summed E-state index contributed by atoms with van der Waals surface area (Å²) >= 11 is 0. The summed E-state index contributed by atoms with van der Waals surface area (Å²) in [5, 5.41) is 0.143. The molecule has 0 amide bonds. The van der Waals surface area contributed by atoms with Crippen LogP contribution < -0.4 is 0 Å². The molecule has 2 atom stereocenters. The molecule has 92 valence electrons. The molecule has 1 rings (SSSR count). The summed E-state index contributed by atoms with van der Waals surface area (Å²) in [6.07, 6.45) is 1.58. The zero-order valence-electron chi connectivity index (χ0n) is 10.9. The van der Waals surface area contributed by atoms with Crippen LogP contribution in [0.3, 0.4) is 0 Å². The average Bonchev–Trinajstić information content (AvgIpc) is 2.43. The Labute approximate surface area is 99.0 Å². The van der Waals surface area contributed by atoms with Crippen molar-refractivity contribution in [3.05, 3.63) is 12.7 Å². The minimum Gasteiger partial charge on any atom is -0.455 e. The van der Waals surface area contributed by atoms with Crippen LogP contribution in [-0.4, -0.2) is 26.5 Å². The molecule has 0 spiro atoms. The molecule has 0 aromatic rings. The highest BCUT2D eigenvalue weighted by atomic mass is 28.4. The van der Waals surface area contributed by atoms with Crippen LogP contribution in [0.15, 0.2) is 12.7 Å². The molecular formula is C12H22O3Si. The van der Waals surface area contributed by atoms with E-state index in [2.05, 4.69) is 40.4 Å². The summed E-state index contributed by atoms with van der Waals surface area (Å²) < 4.78 is 11.3. The van der Waals surface area contributed by atoms with E-state index in [0.717, 1.165) is 0 Å². The molecule has 1 aliphatic rings. The Balaban J connectivity index is 2.74. The molecule has 0 N–H and O–H groups in total. The molecule has 0 aromatic carbocycles. The van der Waals surface area contributed by atoms with E-state index in [1.807, 2.05) is 0 Å². The van der Waals surface area contributed by atoms with Gasteiger partial charge in [0.05, 0.1) is 12.5 Å².